The summed E-state index contributed by atoms with van der Waals surface area (Å²) in [6, 6.07) is 0.525. The Bertz CT molecular complexity index is 279. The average Bonchev–Trinajstić information content (AvgIpc) is 3.15. The Kier molecular flexibility index (Phi) is 4.97. The van der Waals surface area contributed by atoms with Crippen LogP contribution in [0.2, 0.25) is 0 Å². The molecule has 0 aromatic heterocycles. The van der Waals surface area contributed by atoms with E-state index in [4.69, 9.17) is 4.74 Å². The number of nitrogens with one attached hydrogen (secondary N) is 1. The smallest absolute Gasteiger partial charge is 0.236 e. The number of hydrogen-bond acceptors (Lipinski definition) is 4. The van der Waals surface area contributed by atoms with E-state index in [0.717, 1.165) is 32.8 Å². The largest absolute Gasteiger partial charge is 0.374 e. The van der Waals surface area contributed by atoms with Gasteiger partial charge in [-0.3, -0.25) is 9.69 Å². The lowest BCUT2D eigenvalue weighted by molar-refractivity contribution is -0.134. The quantitative estimate of drug-likeness (QED) is 0.721. The van der Waals surface area contributed by atoms with Crippen molar-refractivity contribution in [3.8, 4) is 0 Å². The number of nitrogens with zero attached hydrogens (tertiary/aromatic N) is 2. The van der Waals surface area contributed by atoms with Gasteiger partial charge >= 0.3 is 0 Å². The van der Waals surface area contributed by atoms with E-state index in [-0.39, 0.29) is 12.0 Å². The molecule has 0 bridgehead atoms. The van der Waals surface area contributed by atoms with Gasteiger partial charge in [0.05, 0.1) is 19.3 Å². The summed E-state index contributed by atoms with van der Waals surface area (Å²) in [6.45, 7) is 6.77. The van der Waals surface area contributed by atoms with Gasteiger partial charge in [0.1, 0.15) is 0 Å². The molecule has 2 rings (SSSR count). The van der Waals surface area contributed by atoms with Crippen LogP contribution in [-0.4, -0.2) is 74.2 Å². The lowest BCUT2D eigenvalue weighted by Crippen LogP contribution is -2.50. The van der Waals surface area contributed by atoms with Gasteiger partial charge in [-0.2, -0.15) is 0 Å². The summed E-state index contributed by atoms with van der Waals surface area (Å²) in [7, 11) is 1.93. The van der Waals surface area contributed by atoms with Crippen LogP contribution in [0.15, 0.2) is 0 Å². The molecule has 1 unspecified atom stereocenters. The zero-order valence-corrected chi connectivity index (χ0v) is 11.5. The second kappa shape index (κ2) is 6.50. The summed E-state index contributed by atoms with van der Waals surface area (Å²) in [5.41, 5.74) is 0. The molecule has 0 radical (unpaired) electrons. The van der Waals surface area contributed by atoms with Gasteiger partial charge in [0.25, 0.3) is 0 Å². The number of carbonyl (C=O) groups is 1. The number of amides is 1. The van der Waals surface area contributed by atoms with Gasteiger partial charge in [-0.15, -0.1) is 0 Å². The topological polar surface area (TPSA) is 44.8 Å². The summed E-state index contributed by atoms with van der Waals surface area (Å²) in [5, 5.41) is 3.13. The molecule has 0 aromatic carbocycles. The first kappa shape index (κ1) is 13.8. The van der Waals surface area contributed by atoms with Gasteiger partial charge in [0.15, 0.2) is 0 Å². The molecule has 1 atom stereocenters. The molecule has 104 valence electrons. The number of morpholine rings is 1. The molecular weight excluding hydrogens is 230 g/mol. The molecule has 1 heterocycles. The standard InChI is InChI=1S/C13H25N3O2/c1-3-16(11-4-5-11)13(17)10-15-6-7-18-12(9-15)8-14-2/h11-12,14H,3-10H2,1-2H3. The van der Waals surface area contributed by atoms with Crippen molar-refractivity contribution in [3.63, 3.8) is 0 Å². The molecule has 0 spiro atoms. The fourth-order valence-electron chi connectivity index (χ4n) is 2.58. The molecule has 1 N–H and O–H groups in total. The number of hydrogen-bond donors (Lipinski definition) is 1. The van der Waals surface area contributed by atoms with Gasteiger partial charge in [0.2, 0.25) is 5.91 Å². The Morgan fingerprint density at radius 2 is 2.28 bits per heavy atom. The third-order valence-corrected chi connectivity index (χ3v) is 3.66. The zero-order chi connectivity index (χ0) is 13.0. The third-order valence-electron chi connectivity index (χ3n) is 3.66. The van der Waals surface area contributed by atoms with Crippen molar-refractivity contribution in [1.82, 2.24) is 15.1 Å². The highest BCUT2D eigenvalue weighted by molar-refractivity contribution is 5.78. The summed E-state index contributed by atoms with van der Waals surface area (Å²) < 4.78 is 5.65. The summed E-state index contributed by atoms with van der Waals surface area (Å²) in [6.07, 6.45) is 2.59. The Labute approximate surface area is 109 Å². The van der Waals surface area contributed by atoms with Crippen LogP contribution in [0.1, 0.15) is 19.8 Å². The maximum atomic E-state index is 12.2. The molecule has 18 heavy (non-hydrogen) atoms. The van der Waals surface area contributed by atoms with Gasteiger partial charge in [-0.05, 0) is 26.8 Å². The van der Waals surface area contributed by atoms with E-state index in [9.17, 15) is 4.79 Å². The van der Waals surface area contributed by atoms with Crippen molar-refractivity contribution in [2.24, 2.45) is 0 Å². The van der Waals surface area contributed by atoms with Crippen LogP contribution in [0.3, 0.4) is 0 Å². The molecule has 1 saturated heterocycles. The van der Waals surface area contributed by atoms with E-state index < -0.39 is 0 Å². The third kappa shape index (κ3) is 3.67. The van der Waals surface area contributed by atoms with Crippen LogP contribution in [0.5, 0.6) is 0 Å². The Balaban J connectivity index is 1.78. The van der Waals surface area contributed by atoms with E-state index >= 15 is 0 Å². The minimum absolute atomic E-state index is 0.215. The number of rotatable bonds is 6. The summed E-state index contributed by atoms with van der Waals surface area (Å²) in [4.78, 5) is 16.5. The highest BCUT2D eigenvalue weighted by Gasteiger charge is 2.32. The first-order valence-corrected chi connectivity index (χ1v) is 7.02. The first-order valence-electron chi connectivity index (χ1n) is 7.02. The van der Waals surface area contributed by atoms with Crippen molar-refractivity contribution in [1.29, 1.82) is 0 Å². The van der Waals surface area contributed by atoms with E-state index in [2.05, 4.69) is 17.1 Å². The van der Waals surface area contributed by atoms with Crippen LogP contribution >= 0.6 is 0 Å². The monoisotopic (exact) mass is 255 g/mol. The normalized spacial score (nSPS) is 25.1. The molecule has 5 nitrogen and oxygen atoms in total. The van der Waals surface area contributed by atoms with Crippen LogP contribution in [0.25, 0.3) is 0 Å². The number of ether oxygens (including phenoxy) is 1. The number of likely N-dealkylation sites (N-methyl/N-ethyl adjacent to an activating group) is 2. The van der Waals surface area contributed by atoms with Gasteiger partial charge < -0.3 is 15.0 Å². The molecule has 2 aliphatic rings. The van der Waals surface area contributed by atoms with E-state index in [1.807, 2.05) is 11.9 Å². The second-order valence-corrected chi connectivity index (χ2v) is 5.20. The lowest BCUT2D eigenvalue weighted by atomic mass is 10.2. The molecule has 0 aromatic rings. The maximum absolute atomic E-state index is 12.2. The number of carbonyl (C=O) groups excluding carboxylic acids is 1. The van der Waals surface area contributed by atoms with Crippen molar-refractivity contribution in [2.75, 3.05) is 46.4 Å². The van der Waals surface area contributed by atoms with Crippen molar-refractivity contribution in [2.45, 2.75) is 31.9 Å². The van der Waals surface area contributed by atoms with Crippen molar-refractivity contribution < 1.29 is 9.53 Å². The van der Waals surface area contributed by atoms with Crippen molar-refractivity contribution in [3.05, 3.63) is 0 Å². The van der Waals surface area contributed by atoms with Gasteiger partial charge in [-0.25, -0.2) is 0 Å². The summed E-state index contributed by atoms with van der Waals surface area (Å²) >= 11 is 0. The fraction of sp³-hybridized carbons (Fsp3) is 0.923. The lowest BCUT2D eigenvalue weighted by Gasteiger charge is -2.33. The van der Waals surface area contributed by atoms with E-state index in [0.29, 0.717) is 12.6 Å². The predicted molar refractivity (Wildman–Crippen MR) is 70.5 cm³/mol. The molecule has 1 aliphatic heterocycles. The molecule has 2 fully saturated rings. The predicted octanol–water partition coefficient (Wildman–Crippen LogP) is -0.0825. The van der Waals surface area contributed by atoms with Crippen LogP contribution in [-0.2, 0) is 9.53 Å². The average molecular weight is 255 g/mol. The first-order chi connectivity index (χ1) is 8.74. The van der Waals surface area contributed by atoms with Crippen LogP contribution in [0.4, 0.5) is 0 Å². The minimum Gasteiger partial charge on any atom is -0.374 e. The van der Waals surface area contributed by atoms with E-state index in [1.54, 1.807) is 0 Å². The molecule has 5 heteroatoms. The highest BCUT2D eigenvalue weighted by atomic mass is 16.5. The summed E-state index contributed by atoms with van der Waals surface area (Å²) in [5.74, 6) is 0.283. The fourth-order valence-corrected chi connectivity index (χ4v) is 2.58. The second-order valence-electron chi connectivity index (χ2n) is 5.20. The maximum Gasteiger partial charge on any atom is 0.236 e. The Hall–Kier alpha value is -0.650. The molecule has 1 aliphatic carbocycles. The van der Waals surface area contributed by atoms with Crippen LogP contribution in [0, 0.1) is 0 Å². The SMILES string of the molecule is CCN(C(=O)CN1CCOC(CNC)C1)C1CC1. The highest BCUT2D eigenvalue weighted by Crippen LogP contribution is 2.26. The Morgan fingerprint density at radius 3 is 2.89 bits per heavy atom. The molecular formula is C13H25N3O2. The molecule has 1 saturated carbocycles. The van der Waals surface area contributed by atoms with E-state index in [1.165, 1.54) is 12.8 Å². The van der Waals surface area contributed by atoms with Gasteiger partial charge in [-0.1, -0.05) is 0 Å². The van der Waals surface area contributed by atoms with Gasteiger partial charge in [0, 0.05) is 32.2 Å². The Morgan fingerprint density at radius 1 is 1.50 bits per heavy atom. The minimum atomic E-state index is 0.215. The van der Waals surface area contributed by atoms with Crippen molar-refractivity contribution >= 4 is 5.91 Å². The zero-order valence-electron chi connectivity index (χ0n) is 11.5. The van der Waals surface area contributed by atoms with Crippen LogP contribution < -0.4 is 5.32 Å². The molecule has 1 amide bonds.